The first-order valence-corrected chi connectivity index (χ1v) is 6.69. The van der Waals surface area contributed by atoms with Gasteiger partial charge in [-0.15, -0.1) is 0 Å². The van der Waals surface area contributed by atoms with E-state index in [-0.39, 0.29) is 0 Å². The summed E-state index contributed by atoms with van der Waals surface area (Å²) in [5.41, 5.74) is 1.33. The fourth-order valence-corrected chi connectivity index (χ4v) is 1.39. The molecule has 1 aromatic carbocycles. The van der Waals surface area contributed by atoms with Gasteiger partial charge in [0.05, 0.1) is 7.05 Å². The molecule has 1 heterocycles. The molecule has 98 valence electrons. The van der Waals surface area contributed by atoms with E-state index < -0.39 is 7.82 Å². The normalized spacial score (nSPS) is 10.7. The Balaban J connectivity index is 0.000000280. The van der Waals surface area contributed by atoms with Crippen LogP contribution >= 0.6 is 7.82 Å². The van der Waals surface area contributed by atoms with Crippen LogP contribution in [-0.2, 0) is 18.2 Å². The summed E-state index contributed by atoms with van der Waals surface area (Å²) < 4.78 is 13.0. The maximum atomic E-state index is 8.77. The molecule has 2 rings (SSSR count). The third-order valence-corrected chi connectivity index (χ3v) is 2.03. The maximum Gasteiger partial charge on any atom is 0.262 e. The molecular formula is C11H15N2O4P. The van der Waals surface area contributed by atoms with Gasteiger partial charge in [0.1, 0.15) is 18.9 Å². The van der Waals surface area contributed by atoms with E-state index in [1.165, 1.54) is 5.56 Å². The van der Waals surface area contributed by atoms with Crippen LogP contribution in [0.25, 0.3) is 0 Å². The highest BCUT2D eigenvalue weighted by molar-refractivity contribution is 7.43. The zero-order chi connectivity index (χ0) is 13.6. The van der Waals surface area contributed by atoms with E-state index in [1.54, 1.807) is 0 Å². The second-order valence-electron chi connectivity index (χ2n) is 3.73. The monoisotopic (exact) mass is 270 g/mol. The molecule has 0 saturated heterocycles. The molecular weight excluding hydrogens is 255 g/mol. The first kappa shape index (κ1) is 14.6. The lowest BCUT2D eigenvalue weighted by molar-refractivity contribution is -0.671. The summed E-state index contributed by atoms with van der Waals surface area (Å²) >= 11 is 0. The number of aryl methyl sites for hydroxylation is 1. The second kappa shape index (κ2) is 6.47. The smallest absolute Gasteiger partial charge is 0.262 e. The minimum Gasteiger partial charge on any atom is -0.756 e. The zero-order valence-electron chi connectivity index (χ0n) is 9.88. The molecule has 0 radical (unpaired) electrons. The third-order valence-electron chi connectivity index (χ3n) is 2.03. The van der Waals surface area contributed by atoms with Gasteiger partial charge in [-0.1, -0.05) is 30.3 Å². The first-order valence-electron chi connectivity index (χ1n) is 5.16. The van der Waals surface area contributed by atoms with Crippen molar-refractivity contribution in [1.29, 1.82) is 0 Å². The molecule has 2 N–H and O–H groups in total. The summed E-state index contributed by atoms with van der Waals surface area (Å²) in [6.45, 7) is 0.946. The minimum atomic E-state index is -4.89. The van der Waals surface area contributed by atoms with Crippen LogP contribution in [0.3, 0.4) is 0 Å². The molecule has 0 bridgehead atoms. The Labute approximate surface area is 105 Å². The van der Waals surface area contributed by atoms with Gasteiger partial charge in [0.25, 0.3) is 7.82 Å². The minimum absolute atomic E-state index is 0.946. The van der Waals surface area contributed by atoms with Gasteiger partial charge in [0.15, 0.2) is 0 Å². The third kappa shape index (κ3) is 6.98. The van der Waals surface area contributed by atoms with E-state index in [1.807, 2.05) is 23.9 Å². The highest BCUT2D eigenvalue weighted by Crippen LogP contribution is 2.18. The molecule has 0 spiro atoms. The number of aromatic nitrogens is 2. The van der Waals surface area contributed by atoms with Crippen molar-refractivity contribution in [2.24, 2.45) is 7.05 Å². The van der Waals surface area contributed by atoms with Crippen LogP contribution in [0.15, 0.2) is 49.1 Å². The van der Waals surface area contributed by atoms with Crippen LogP contribution < -0.4 is 9.46 Å². The zero-order valence-corrected chi connectivity index (χ0v) is 10.8. The van der Waals surface area contributed by atoms with Crippen LogP contribution in [0, 0.1) is 0 Å². The van der Waals surface area contributed by atoms with Crippen LogP contribution in [0.1, 0.15) is 5.56 Å². The standard InChI is InChI=1S/C11H13N2.H3O4P/c1-12-7-8-13(10-12)9-11-5-3-2-4-6-11;1-5(2,3)4/h2-8,10H,9H2,1H3;(H3,1,2,3,4)/q+1;/p-1. The Kier molecular flexibility index (Phi) is 5.25. The first-order chi connectivity index (χ1) is 8.34. The fraction of sp³-hybridized carbons (Fsp3) is 0.182. The number of benzene rings is 1. The maximum absolute atomic E-state index is 8.77. The van der Waals surface area contributed by atoms with E-state index in [4.69, 9.17) is 19.2 Å². The Morgan fingerprint density at radius 3 is 2.33 bits per heavy atom. The van der Waals surface area contributed by atoms with Crippen molar-refractivity contribution in [3.8, 4) is 0 Å². The van der Waals surface area contributed by atoms with Gasteiger partial charge in [-0.2, -0.15) is 0 Å². The number of imidazole rings is 1. The molecule has 0 saturated carbocycles. The largest absolute Gasteiger partial charge is 0.756 e. The Hall–Kier alpha value is -1.46. The van der Waals surface area contributed by atoms with Crippen molar-refractivity contribution in [3.05, 3.63) is 54.6 Å². The topological polar surface area (TPSA) is 89.4 Å². The lowest BCUT2D eigenvalue weighted by atomic mass is 10.2. The summed E-state index contributed by atoms with van der Waals surface area (Å²) in [5.74, 6) is 0. The highest BCUT2D eigenvalue weighted by Gasteiger charge is 1.99. The summed E-state index contributed by atoms with van der Waals surface area (Å²) in [5, 5.41) is 0. The molecule has 7 heteroatoms. The second-order valence-corrected chi connectivity index (χ2v) is 4.71. The summed E-state index contributed by atoms with van der Waals surface area (Å²) in [6.07, 6.45) is 6.20. The quantitative estimate of drug-likeness (QED) is 0.584. The molecule has 6 nitrogen and oxygen atoms in total. The van der Waals surface area contributed by atoms with Crippen LogP contribution in [-0.4, -0.2) is 14.4 Å². The van der Waals surface area contributed by atoms with Crippen LogP contribution in [0.4, 0.5) is 0 Å². The van der Waals surface area contributed by atoms with Crippen molar-refractivity contribution in [1.82, 2.24) is 4.57 Å². The van der Waals surface area contributed by atoms with E-state index in [9.17, 15) is 0 Å². The van der Waals surface area contributed by atoms with Crippen molar-refractivity contribution in [2.45, 2.75) is 6.54 Å². The fourth-order valence-electron chi connectivity index (χ4n) is 1.39. The van der Waals surface area contributed by atoms with Gasteiger partial charge >= 0.3 is 0 Å². The Bertz CT molecular complexity index is 513. The summed E-state index contributed by atoms with van der Waals surface area (Å²) in [7, 11) is -2.86. The predicted molar refractivity (Wildman–Crippen MR) is 63.2 cm³/mol. The Morgan fingerprint density at radius 1 is 1.33 bits per heavy atom. The summed E-state index contributed by atoms with van der Waals surface area (Å²) in [6, 6.07) is 10.5. The van der Waals surface area contributed by atoms with Gasteiger partial charge in [-0.3, -0.25) is 4.57 Å². The molecule has 0 fully saturated rings. The predicted octanol–water partition coefficient (Wildman–Crippen LogP) is -0.200. The molecule has 18 heavy (non-hydrogen) atoms. The molecule has 0 unspecified atom stereocenters. The lowest BCUT2D eigenvalue weighted by Crippen LogP contribution is -2.23. The van der Waals surface area contributed by atoms with E-state index in [0.29, 0.717) is 0 Å². The van der Waals surface area contributed by atoms with Crippen molar-refractivity contribution >= 4 is 7.82 Å². The number of phosphoric acid groups is 1. The van der Waals surface area contributed by atoms with Gasteiger partial charge in [0, 0.05) is 0 Å². The van der Waals surface area contributed by atoms with Gasteiger partial charge < -0.3 is 14.7 Å². The summed E-state index contributed by atoms with van der Waals surface area (Å²) in [4.78, 5) is 22.9. The molecule has 0 amide bonds. The SMILES string of the molecule is C[n+]1ccn(Cc2ccccc2)c1.O=P([O-])(O)O. The molecule has 0 aliphatic carbocycles. The average Bonchev–Trinajstić information content (AvgIpc) is 2.63. The molecule has 1 aromatic heterocycles. The number of nitrogens with zero attached hydrogens (tertiary/aromatic N) is 2. The molecule has 0 aliphatic rings. The lowest BCUT2D eigenvalue weighted by Gasteiger charge is -2.01. The van der Waals surface area contributed by atoms with Crippen molar-refractivity contribution in [3.63, 3.8) is 0 Å². The van der Waals surface area contributed by atoms with E-state index >= 15 is 0 Å². The highest BCUT2D eigenvalue weighted by atomic mass is 31.2. The van der Waals surface area contributed by atoms with Gasteiger partial charge in [0.2, 0.25) is 6.33 Å². The number of rotatable bonds is 2. The van der Waals surface area contributed by atoms with Crippen LogP contribution in [0.2, 0.25) is 0 Å². The van der Waals surface area contributed by atoms with Crippen molar-refractivity contribution in [2.75, 3.05) is 0 Å². The molecule has 0 atom stereocenters. The van der Waals surface area contributed by atoms with Crippen LogP contribution in [0.5, 0.6) is 0 Å². The van der Waals surface area contributed by atoms with Crippen molar-refractivity contribution < 1.29 is 23.8 Å². The molecule has 0 aliphatic heterocycles. The van der Waals surface area contributed by atoms with E-state index in [2.05, 4.69) is 41.4 Å². The average molecular weight is 270 g/mol. The Morgan fingerprint density at radius 2 is 1.89 bits per heavy atom. The van der Waals surface area contributed by atoms with Gasteiger partial charge in [-0.25, -0.2) is 9.13 Å². The molecule has 2 aromatic rings. The number of hydrogen-bond donors (Lipinski definition) is 2. The van der Waals surface area contributed by atoms with Gasteiger partial charge in [-0.05, 0) is 5.56 Å². The number of hydrogen-bond acceptors (Lipinski definition) is 2. The van der Waals surface area contributed by atoms with E-state index in [0.717, 1.165) is 6.54 Å².